The number of fused-ring (bicyclic) bond motifs is 3. The van der Waals surface area contributed by atoms with Gasteiger partial charge in [0.15, 0.2) is 16.7 Å². The van der Waals surface area contributed by atoms with Crippen molar-refractivity contribution in [3.63, 3.8) is 0 Å². The van der Waals surface area contributed by atoms with Gasteiger partial charge >= 0.3 is 0 Å². The molecule has 0 aliphatic carbocycles. The van der Waals surface area contributed by atoms with Gasteiger partial charge in [-0.15, -0.1) is 10.2 Å². The van der Waals surface area contributed by atoms with Crippen molar-refractivity contribution in [2.45, 2.75) is 12.5 Å². The van der Waals surface area contributed by atoms with E-state index in [0.29, 0.717) is 16.7 Å². The van der Waals surface area contributed by atoms with Gasteiger partial charge in [-0.2, -0.15) is 0 Å². The van der Waals surface area contributed by atoms with E-state index < -0.39 is 0 Å². The minimum Gasteiger partial charge on any atom is -0.492 e. The zero-order valence-electron chi connectivity index (χ0n) is 20.5. The Morgan fingerprint density at radius 1 is 1.08 bits per heavy atom. The van der Waals surface area contributed by atoms with Gasteiger partial charge in [0.05, 0.1) is 7.11 Å². The highest BCUT2D eigenvalue weighted by Gasteiger charge is 2.33. The lowest BCUT2D eigenvalue weighted by molar-refractivity contribution is 0.171. The minimum atomic E-state index is -0.129. The Hall–Kier alpha value is -3.99. The molecule has 8 heteroatoms. The second kappa shape index (κ2) is 9.81. The maximum atomic E-state index is 6.22. The summed E-state index contributed by atoms with van der Waals surface area (Å²) in [5.41, 5.74) is 3.92. The molecule has 0 amide bonds. The molecule has 0 N–H and O–H groups in total. The number of likely N-dealkylation sites (N-methyl/N-ethyl adjacent to an activating group) is 1. The molecule has 0 saturated carbocycles. The molecule has 3 heterocycles. The molecule has 1 atom stereocenters. The molecule has 37 heavy (non-hydrogen) atoms. The lowest BCUT2D eigenvalue weighted by atomic mass is 9.91. The molecule has 1 aromatic heterocycles. The van der Waals surface area contributed by atoms with E-state index in [1.807, 2.05) is 54.6 Å². The van der Waals surface area contributed by atoms with Gasteiger partial charge in [0.25, 0.3) is 0 Å². The summed E-state index contributed by atoms with van der Waals surface area (Å²) in [6.07, 6.45) is 0.896. The molecule has 0 bridgehead atoms. The summed E-state index contributed by atoms with van der Waals surface area (Å²) in [4.78, 5) is 2.21. The number of hydrogen-bond donors (Lipinski definition) is 0. The smallest absolute Gasteiger partial charge is 0.231 e. The Balaban J connectivity index is 1.19. The van der Waals surface area contributed by atoms with Crippen molar-refractivity contribution in [2.24, 2.45) is 0 Å². The summed E-state index contributed by atoms with van der Waals surface area (Å²) in [6, 6.07) is 17.5. The number of rotatable bonds is 4. The zero-order chi connectivity index (χ0) is 25.4. The molecule has 2 aliphatic heterocycles. The lowest BCUT2D eigenvalue weighted by Gasteiger charge is -2.32. The van der Waals surface area contributed by atoms with Gasteiger partial charge < -0.3 is 18.9 Å². The van der Waals surface area contributed by atoms with E-state index in [1.165, 1.54) is 5.56 Å². The van der Waals surface area contributed by atoms with E-state index >= 15 is 0 Å². The molecule has 2 aliphatic rings. The summed E-state index contributed by atoms with van der Waals surface area (Å²) >= 11 is 6.22. The first-order valence-corrected chi connectivity index (χ1v) is 12.3. The Morgan fingerprint density at radius 3 is 2.70 bits per heavy atom. The van der Waals surface area contributed by atoms with Crippen LogP contribution in [0.4, 0.5) is 0 Å². The predicted octanol–water partition coefficient (Wildman–Crippen LogP) is 5.30. The van der Waals surface area contributed by atoms with Gasteiger partial charge in [-0.1, -0.05) is 47.7 Å². The van der Waals surface area contributed by atoms with Gasteiger partial charge in [-0.25, -0.2) is 0 Å². The molecule has 0 radical (unpaired) electrons. The van der Waals surface area contributed by atoms with Crippen LogP contribution in [-0.2, 0) is 6.42 Å². The van der Waals surface area contributed by atoms with E-state index in [4.69, 9.17) is 30.5 Å². The number of nitrogens with zero attached hydrogens (tertiary/aromatic N) is 3. The van der Waals surface area contributed by atoms with Crippen LogP contribution in [0.2, 0.25) is 5.15 Å². The molecule has 3 aromatic carbocycles. The zero-order valence-corrected chi connectivity index (χ0v) is 21.2. The summed E-state index contributed by atoms with van der Waals surface area (Å²) < 4.78 is 22.9. The highest BCUT2D eigenvalue weighted by molar-refractivity contribution is 6.34. The van der Waals surface area contributed by atoms with Crippen LogP contribution >= 0.6 is 11.6 Å². The fourth-order valence-electron chi connectivity index (χ4n) is 4.87. The summed E-state index contributed by atoms with van der Waals surface area (Å²) in [5, 5.41) is 10.6. The first kappa shape index (κ1) is 23.4. The second-order valence-electron chi connectivity index (χ2n) is 8.87. The maximum Gasteiger partial charge on any atom is 0.231 e. The topological polar surface area (TPSA) is 65.9 Å². The van der Waals surface area contributed by atoms with Crippen LogP contribution in [0.15, 0.2) is 54.6 Å². The van der Waals surface area contributed by atoms with Crippen molar-refractivity contribution in [2.75, 3.05) is 34.1 Å². The normalized spacial score (nSPS) is 16.1. The molecule has 7 nitrogen and oxygen atoms in total. The van der Waals surface area contributed by atoms with Crippen LogP contribution < -0.4 is 18.9 Å². The Labute approximate surface area is 219 Å². The van der Waals surface area contributed by atoms with E-state index in [0.717, 1.165) is 52.1 Å². The van der Waals surface area contributed by atoms with Crippen LogP contribution in [0.25, 0.3) is 22.0 Å². The Bertz CT molecular complexity index is 1550. The SMILES string of the molecule is COc1c2c(cc3c1C(C#CCOc1ccc(-c4nnc(Cl)c5ccccc45)cc1)N(C)CC3)OCO2. The molecule has 4 aromatic rings. The standard InChI is InChI=1S/C29H24ClN3O4/c1-33-14-13-19-16-24-27(37-17-36-24)28(34-2)25(19)23(33)8-5-15-35-20-11-9-18(10-12-20)26-21-6-3-4-7-22(21)29(30)32-31-26/h3-4,6-7,9-12,16,23H,13-15,17H2,1-2H3. The fourth-order valence-corrected chi connectivity index (χ4v) is 5.07. The first-order chi connectivity index (χ1) is 18.1. The molecule has 186 valence electrons. The monoisotopic (exact) mass is 513 g/mol. The number of methoxy groups -OCH3 is 1. The minimum absolute atomic E-state index is 0.129. The van der Waals surface area contributed by atoms with E-state index in [-0.39, 0.29) is 19.4 Å². The number of hydrogen-bond acceptors (Lipinski definition) is 7. The van der Waals surface area contributed by atoms with Gasteiger partial charge in [0.1, 0.15) is 24.1 Å². The second-order valence-corrected chi connectivity index (χ2v) is 9.23. The summed E-state index contributed by atoms with van der Waals surface area (Å²) in [6.45, 7) is 1.35. The molecule has 0 fully saturated rings. The van der Waals surface area contributed by atoms with Crippen LogP contribution in [0.5, 0.6) is 23.0 Å². The van der Waals surface area contributed by atoms with Crippen LogP contribution in [0, 0.1) is 11.8 Å². The Kier molecular flexibility index (Phi) is 6.21. The number of halogens is 1. The summed E-state index contributed by atoms with van der Waals surface area (Å²) in [7, 11) is 3.72. The predicted molar refractivity (Wildman–Crippen MR) is 141 cm³/mol. The quantitative estimate of drug-likeness (QED) is 0.343. The van der Waals surface area contributed by atoms with Gasteiger partial charge in [0.2, 0.25) is 12.5 Å². The molecule has 6 rings (SSSR count). The Morgan fingerprint density at radius 2 is 1.89 bits per heavy atom. The maximum absolute atomic E-state index is 6.22. The molecule has 0 saturated heterocycles. The highest BCUT2D eigenvalue weighted by atomic mass is 35.5. The van der Waals surface area contributed by atoms with E-state index in [1.54, 1.807) is 7.11 Å². The van der Waals surface area contributed by atoms with Crippen molar-refractivity contribution in [1.82, 2.24) is 15.1 Å². The number of ether oxygens (including phenoxy) is 4. The van der Waals surface area contributed by atoms with Crippen molar-refractivity contribution >= 4 is 22.4 Å². The van der Waals surface area contributed by atoms with Crippen LogP contribution in [0.1, 0.15) is 17.2 Å². The first-order valence-electron chi connectivity index (χ1n) is 12.0. The van der Waals surface area contributed by atoms with Crippen molar-refractivity contribution in [3.05, 3.63) is 70.9 Å². The van der Waals surface area contributed by atoms with Crippen LogP contribution in [-0.4, -0.2) is 49.2 Å². The van der Waals surface area contributed by atoms with Crippen LogP contribution in [0.3, 0.4) is 0 Å². The third-order valence-electron chi connectivity index (χ3n) is 6.72. The van der Waals surface area contributed by atoms with E-state index in [2.05, 4.69) is 34.0 Å². The number of benzene rings is 3. The van der Waals surface area contributed by atoms with Gasteiger partial charge in [-0.05, 0) is 49.4 Å². The summed E-state index contributed by atoms with van der Waals surface area (Å²) in [5.74, 6) is 9.37. The average molecular weight is 514 g/mol. The molecular weight excluding hydrogens is 490 g/mol. The third kappa shape index (κ3) is 4.29. The highest BCUT2D eigenvalue weighted by Crippen LogP contribution is 2.49. The molecule has 1 unspecified atom stereocenters. The van der Waals surface area contributed by atoms with Crippen molar-refractivity contribution < 1.29 is 18.9 Å². The average Bonchev–Trinajstić information content (AvgIpc) is 3.40. The molecular formula is C29H24ClN3O4. The fraction of sp³-hybridized carbons (Fsp3) is 0.241. The van der Waals surface area contributed by atoms with E-state index in [9.17, 15) is 0 Å². The lowest BCUT2D eigenvalue weighted by Crippen LogP contribution is -2.31. The van der Waals surface area contributed by atoms with Crippen molar-refractivity contribution in [1.29, 1.82) is 0 Å². The third-order valence-corrected chi connectivity index (χ3v) is 6.99. The largest absolute Gasteiger partial charge is 0.492 e. The number of aromatic nitrogens is 2. The molecule has 0 spiro atoms. The van der Waals surface area contributed by atoms with Crippen molar-refractivity contribution in [3.8, 4) is 46.1 Å². The van der Waals surface area contributed by atoms with Gasteiger partial charge in [0, 0.05) is 28.4 Å². The van der Waals surface area contributed by atoms with Gasteiger partial charge in [-0.3, -0.25) is 4.90 Å².